The fourth-order valence-electron chi connectivity index (χ4n) is 8.99. The molecule has 3 atom stereocenters. The highest BCUT2D eigenvalue weighted by atomic mass is 35.5. The molecule has 6 aromatic rings. The number of anilines is 1. The number of pyridine rings is 1. The van der Waals surface area contributed by atoms with Gasteiger partial charge in [0, 0.05) is 43.6 Å². The predicted octanol–water partition coefficient (Wildman–Crippen LogP) is 6.28. The van der Waals surface area contributed by atoms with Crippen molar-refractivity contribution in [3.63, 3.8) is 0 Å². The Morgan fingerprint density at radius 1 is 1.03 bits per heavy atom. The number of nitrogens with zero attached hydrogens (tertiary/aromatic N) is 8. The molecule has 64 heavy (non-hydrogen) atoms. The molecular weight excluding hydrogens is 894 g/mol. The van der Waals surface area contributed by atoms with Crippen molar-refractivity contribution in [1.82, 2.24) is 44.3 Å². The van der Waals surface area contributed by atoms with E-state index in [0.29, 0.717) is 17.3 Å². The third kappa shape index (κ3) is 8.14. The Kier molecular flexibility index (Phi) is 11.1. The number of alkyl halides is 4. The molecule has 0 radical (unpaired) electrons. The maximum atomic E-state index is 15.5. The number of aromatic nitrogens is 7. The Morgan fingerprint density at radius 2 is 1.77 bits per heavy atom. The number of nitrogens with one attached hydrogen (secondary N) is 2. The second-order valence-electron chi connectivity index (χ2n) is 16.3. The smallest absolute Gasteiger partial charge is 0.293 e. The molecular formula is C41H39ClF6N10O5S. The molecule has 0 bridgehead atoms. The highest BCUT2D eigenvalue weighted by molar-refractivity contribution is 7.92. The van der Waals surface area contributed by atoms with Gasteiger partial charge in [-0.05, 0) is 74.2 Å². The van der Waals surface area contributed by atoms with Crippen LogP contribution in [0.2, 0.25) is 5.02 Å². The first-order valence-electron chi connectivity index (χ1n) is 20.3. The topological polar surface area (TPSA) is 171 Å². The summed E-state index contributed by atoms with van der Waals surface area (Å²) in [6.45, 7) is 1.71. The van der Waals surface area contributed by atoms with E-state index in [9.17, 15) is 35.6 Å². The zero-order chi connectivity index (χ0) is 45.4. The van der Waals surface area contributed by atoms with Crippen molar-refractivity contribution in [2.24, 2.45) is 13.0 Å². The summed E-state index contributed by atoms with van der Waals surface area (Å²) in [7, 11) is -2.46. The molecule has 9 rings (SSSR count). The molecule has 2 fully saturated rings. The van der Waals surface area contributed by atoms with Gasteiger partial charge in [0.2, 0.25) is 21.8 Å². The van der Waals surface area contributed by atoms with Gasteiger partial charge in [0.25, 0.3) is 17.9 Å². The van der Waals surface area contributed by atoms with Crippen molar-refractivity contribution >= 4 is 55.3 Å². The number of carbonyl (C=O) groups excluding carboxylic acids is 1. The summed E-state index contributed by atoms with van der Waals surface area (Å²) in [4.78, 5) is 40.6. The SMILES string of the molecule is Cn1nc(NS(C)(=O)=O)c2c(Cl)ccc(-n3c([C@H](Cc4cc(F)cc(F)c4)NC(=O)Cn4nc(C(F)F)c5c4C(F)(F)[C@@H]4C[C@H]54)nc4nc(OCCN5CCCCC5)ccc4c3=O)c21. The fraction of sp³-hybridized carbons (Fsp3) is 0.415. The first kappa shape index (κ1) is 43.5. The minimum absolute atomic E-state index is 0.00205. The normalized spacial score (nSPS) is 18.7. The number of hydrogen-bond donors (Lipinski definition) is 2. The predicted molar refractivity (Wildman–Crippen MR) is 222 cm³/mol. The molecule has 2 N–H and O–H groups in total. The van der Waals surface area contributed by atoms with E-state index in [0.717, 1.165) is 55.3 Å². The monoisotopic (exact) mass is 932 g/mol. The largest absolute Gasteiger partial charge is 0.476 e. The van der Waals surface area contributed by atoms with E-state index < -0.39 is 87.7 Å². The van der Waals surface area contributed by atoms with Crippen LogP contribution in [0.3, 0.4) is 0 Å². The summed E-state index contributed by atoms with van der Waals surface area (Å²) in [5.74, 6) is -9.00. The number of benzene rings is 2. The Morgan fingerprint density at radius 3 is 2.47 bits per heavy atom. The zero-order valence-electron chi connectivity index (χ0n) is 34.1. The molecule has 4 aromatic heterocycles. The van der Waals surface area contributed by atoms with Gasteiger partial charge in [-0.3, -0.25) is 33.1 Å². The van der Waals surface area contributed by atoms with Crippen LogP contribution in [0, 0.1) is 17.6 Å². The first-order valence-corrected chi connectivity index (χ1v) is 22.6. The van der Waals surface area contributed by atoms with Crippen LogP contribution in [0.4, 0.5) is 32.2 Å². The van der Waals surface area contributed by atoms with E-state index >= 15 is 8.78 Å². The fourth-order valence-corrected chi connectivity index (χ4v) is 9.72. The van der Waals surface area contributed by atoms with Gasteiger partial charge in [-0.2, -0.15) is 24.0 Å². The maximum absolute atomic E-state index is 15.5. The lowest BCUT2D eigenvalue weighted by atomic mass is 10.0. The van der Waals surface area contributed by atoms with Crippen LogP contribution in [-0.4, -0.2) is 85.8 Å². The number of carbonyl (C=O) groups is 1. The second-order valence-corrected chi connectivity index (χ2v) is 18.5. The van der Waals surface area contributed by atoms with Gasteiger partial charge in [0.1, 0.15) is 42.0 Å². The number of aryl methyl sites for hydroxylation is 1. The van der Waals surface area contributed by atoms with E-state index in [2.05, 4.69) is 30.1 Å². The Bertz CT molecular complexity index is 3010. The van der Waals surface area contributed by atoms with Gasteiger partial charge in [-0.15, -0.1) is 0 Å². The molecule has 338 valence electrons. The lowest BCUT2D eigenvalue weighted by molar-refractivity contribution is -0.123. The number of likely N-dealkylation sites (tertiary alicyclic amines) is 1. The van der Waals surface area contributed by atoms with Crippen LogP contribution in [0.15, 0.2) is 47.3 Å². The van der Waals surface area contributed by atoms with Crippen molar-refractivity contribution < 1.29 is 44.3 Å². The Balaban J connectivity index is 1.20. The number of piperidine rings is 1. The molecule has 0 spiro atoms. The number of fused-ring (bicyclic) bond motifs is 5. The lowest BCUT2D eigenvalue weighted by Gasteiger charge is -2.26. The van der Waals surface area contributed by atoms with Crippen LogP contribution in [0.25, 0.3) is 27.6 Å². The van der Waals surface area contributed by atoms with Crippen molar-refractivity contribution in [3.05, 3.63) is 97.8 Å². The van der Waals surface area contributed by atoms with Crippen LogP contribution < -0.4 is 20.3 Å². The van der Waals surface area contributed by atoms with Gasteiger partial charge >= 0.3 is 0 Å². The van der Waals surface area contributed by atoms with Gasteiger partial charge in [-0.1, -0.05) is 18.0 Å². The summed E-state index contributed by atoms with van der Waals surface area (Å²) in [6.07, 6.45) is 0.487. The molecule has 2 aliphatic carbocycles. The molecule has 1 saturated heterocycles. The van der Waals surface area contributed by atoms with Crippen LogP contribution in [-0.2, 0) is 40.8 Å². The first-order chi connectivity index (χ1) is 30.4. The van der Waals surface area contributed by atoms with Crippen molar-refractivity contribution in [3.8, 4) is 11.6 Å². The van der Waals surface area contributed by atoms with Crippen LogP contribution in [0.5, 0.6) is 5.88 Å². The van der Waals surface area contributed by atoms with Gasteiger partial charge in [0.15, 0.2) is 11.5 Å². The third-order valence-corrected chi connectivity index (χ3v) is 12.6. The van der Waals surface area contributed by atoms with E-state index in [4.69, 9.17) is 21.3 Å². The second kappa shape index (κ2) is 16.4. The number of amides is 1. The summed E-state index contributed by atoms with van der Waals surface area (Å²) in [5, 5.41) is 10.7. The van der Waals surface area contributed by atoms with Crippen molar-refractivity contribution in [1.29, 1.82) is 0 Å². The van der Waals surface area contributed by atoms with Gasteiger partial charge in [0.05, 0.1) is 39.3 Å². The molecule has 15 nitrogen and oxygen atoms in total. The highest BCUT2D eigenvalue weighted by Gasteiger charge is 2.67. The number of halogens is 7. The summed E-state index contributed by atoms with van der Waals surface area (Å²) in [5.41, 5.74) is -2.83. The van der Waals surface area contributed by atoms with Crippen molar-refractivity contribution in [2.75, 3.05) is 37.2 Å². The van der Waals surface area contributed by atoms with Gasteiger partial charge < -0.3 is 10.1 Å². The van der Waals surface area contributed by atoms with Gasteiger partial charge in [-0.25, -0.2) is 31.0 Å². The molecule has 2 aromatic carbocycles. The number of hydrogen-bond acceptors (Lipinski definition) is 10. The number of sulfonamides is 1. The van der Waals surface area contributed by atoms with Crippen LogP contribution >= 0.6 is 11.6 Å². The average molecular weight is 933 g/mol. The molecule has 23 heteroatoms. The summed E-state index contributed by atoms with van der Waals surface area (Å²) >= 11 is 6.63. The highest BCUT2D eigenvalue weighted by Crippen LogP contribution is 2.68. The zero-order valence-corrected chi connectivity index (χ0v) is 35.7. The minimum Gasteiger partial charge on any atom is -0.476 e. The van der Waals surface area contributed by atoms with Crippen LogP contribution in [0.1, 0.15) is 72.4 Å². The standard InChI is InChI=1S/C41H39ClF6N10O5S/c1-55-34-28(8-7-26(42)32(34)38(53-55)54-64(2,61)62)58-39(51-37-23(40(58)60)6-9-30(50-37)63-13-12-56-10-4-3-5-11-56)27(16-20-14-21(43)17-22(44)15-20)49-29(59)19-57-35-31(33(52-57)36(45)46)24-18-25(24)41(35,47)48/h6-9,14-15,17,24-25,27,36H,3-5,10-13,16,18-19H2,1-2H3,(H,49,59)(H,53,54)/t24-,25+,27-/m0/s1. The van der Waals surface area contributed by atoms with E-state index in [1.807, 2.05) is 0 Å². The average Bonchev–Trinajstić information content (AvgIpc) is 3.76. The quantitative estimate of drug-likeness (QED) is 0.119. The number of ether oxygens (including phenoxy) is 1. The molecule has 1 saturated carbocycles. The molecule has 0 unspecified atom stereocenters. The van der Waals surface area contributed by atoms with E-state index in [1.165, 1.54) is 36.0 Å². The molecule has 1 aliphatic heterocycles. The van der Waals surface area contributed by atoms with Crippen molar-refractivity contribution in [2.45, 2.75) is 63.0 Å². The summed E-state index contributed by atoms with van der Waals surface area (Å²) < 4.78 is 125. The lowest BCUT2D eigenvalue weighted by Crippen LogP contribution is -2.38. The summed E-state index contributed by atoms with van der Waals surface area (Å²) in [6, 6.07) is 6.72. The Labute approximate surface area is 365 Å². The van der Waals surface area contributed by atoms with E-state index in [1.54, 1.807) is 0 Å². The minimum atomic E-state index is -3.91. The Hall–Kier alpha value is -5.74. The molecule has 1 amide bonds. The molecule has 3 aliphatic rings. The number of rotatable bonds is 14. The third-order valence-electron chi connectivity index (χ3n) is 11.7. The molecule has 5 heterocycles. The van der Waals surface area contributed by atoms with E-state index in [-0.39, 0.29) is 74.3 Å². The maximum Gasteiger partial charge on any atom is 0.293 e.